The molecule has 1 aliphatic rings. The van der Waals surface area contributed by atoms with Crippen LogP contribution in [-0.2, 0) is 11.2 Å². The molecule has 1 aromatic carbocycles. The molecule has 0 aromatic heterocycles. The minimum Gasteiger partial charge on any atom is -0.447 e. The van der Waals surface area contributed by atoms with Crippen molar-refractivity contribution in [2.75, 3.05) is 6.61 Å². The van der Waals surface area contributed by atoms with E-state index in [9.17, 15) is 4.79 Å². The molecule has 16 heavy (non-hydrogen) atoms. The van der Waals surface area contributed by atoms with Gasteiger partial charge >= 0.3 is 11.8 Å². The molecule has 1 saturated heterocycles. The Balaban J connectivity index is 1.85. The zero-order valence-corrected chi connectivity index (χ0v) is 8.72. The molecule has 82 valence electrons. The van der Waals surface area contributed by atoms with Crippen LogP contribution in [0.5, 0.6) is 0 Å². The first kappa shape index (κ1) is 10.4. The molecule has 0 aliphatic carbocycles. The summed E-state index contributed by atoms with van der Waals surface area (Å²) in [5.74, 6) is 0. The Kier molecular flexibility index (Phi) is 3.01. The van der Waals surface area contributed by atoms with E-state index in [-0.39, 0.29) is 12.1 Å². The second kappa shape index (κ2) is 4.62. The predicted octanol–water partition coefficient (Wildman–Crippen LogP) is 2.21. The highest BCUT2D eigenvalue weighted by molar-refractivity contribution is 5.69. The number of carbonyl (C=O) groups is 1. The van der Waals surface area contributed by atoms with Crippen LogP contribution in [0.2, 0.25) is 0 Å². The summed E-state index contributed by atoms with van der Waals surface area (Å²) in [4.78, 5) is 13.9. The van der Waals surface area contributed by atoms with Crippen LogP contribution < -0.4 is 5.32 Å². The number of hydrogen-bond donors (Lipinski definition) is 1. The SMILES string of the molecule is N#[N+]c1ccc(CCC2COC(=O)N2)cc1. The molecule has 1 N–H and O–H groups in total. The average molecular weight is 218 g/mol. The molecule has 1 fully saturated rings. The van der Waals surface area contributed by atoms with Gasteiger partial charge in [0.25, 0.3) is 0 Å². The molecule has 1 aliphatic heterocycles. The number of cyclic esters (lactones) is 1. The van der Waals surface area contributed by atoms with Crippen molar-refractivity contribution >= 4 is 11.8 Å². The van der Waals surface area contributed by atoms with E-state index in [4.69, 9.17) is 10.1 Å². The molecular weight excluding hydrogens is 206 g/mol. The summed E-state index contributed by atoms with van der Waals surface area (Å²) in [5, 5.41) is 11.2. The Bertz CT molecular complexity index is 422. The smallest absolute Gasteiger partial charge is 0.407 e. The van der Waals surface area contributed by atoms with Gasteiger partial charge in [0.15, 0.2) is 4.98 Å². The minimum absolute atomic E-state index is 0.106. The number of hydrogen-bond acceptors (Lipinski definition) is 3. The zero-order chi connectivity index (χ0) is 11.4. The first-order valence-corrected chi connectivity index (χ1v) is 5.15. The highest BCUT2D eigenvalue weighted by atomic mass is 16.6. The molecule has 1 atom stereocenters. The lowest BCUT2D eigenvalue weighted by Gasteiger charge is -2.05. The maximum absolute atomic E-state index is 10.8. The van der Waals surface area contributed by atoms with Gasteiger partial charge in [-0.2, -0.15) is 0 Å². The molecule has 0 radical (unpaired) electrons. The van der Waals surface area contributed by atoms with E-state index in [1.54, 1.807) is 12.1 Å². The van der Waals surface area contributed by atoms with E-state index in [0.717, 1.165) is 18.4 Å². The normalized spacial score (nSPS) is 18.7. The topological polar surface area (TPSA) is 66.5 Å². The van der Waals surface area contributed by atoms with Crippen molar-refractivity contribution in [1.29, 1.82) is 5.39 Å². The monoisotopic (exact) mass is 218 g/mol. The van der Waals surface area contributed by atoms with Crippen LogP contribution in [0.25, 0.3) is 4.98 Å². The van der Waals surface area contributed by atoms with Gasteiger partial charge in [-0.1, -0.05) is 12.1 Å². The van der Waals surface area contributed by atoms with Crippen LogP contribution in [0, 0.1) is 5.39 Å². The standard InChI is InChI=1S/C11H11N3O2/c12-14-9-4-1-8(2-5-9)3-6-10-7-16-11(15)13-10/h1-2,4-5,10H,3,6-7H2/p+1. The summed E-state index contributed by atoms with van der Waals surface area (Å²) in [5.41, 5.74) is 1.69. The van der Waals surface area contributed by atoms with Gasteiger partial charge in [-0.15, -0.1) is 0 Å². The van der Waals surface area contributed by atoms with Crippen molar-refractivity contribution in [2.24, 2.45) is 0 Å². The van der Waals surface area contributed by atoms with E-state index >= 15 is 0 Å². The molecule has 1 amide bonds. The lowest BCUT2D eigenvalue weighted by molar-refractivity contribution is 0.176. The van der Waals surface area contributed by atoms with Crippen LogP contribution in [0.4, 0.5) is 10.5 Å². The van der Waals surface area contributed by atoms with Crippen molar-refractivity contribution in [3.05, 3.63) is 34.8 Å². The third-order valence-corrected chi connectivity index (χ3v) is 2.57. The molecule has 0 bridgehead atoms. The highest BCUT2D eigenvalue weighted by Gasteiger charge is 2.21. The number of nitrogens with one attached hydrogen (secondary N) is 1. The van der Waals surface area contributed by atoms with Gasteiger partial charge in [0.05, 0.1) is 6.04 Å². The average Bonchev–Trinajstić information content (AvgIpc) is 2.73. The number of ether oxygens (including phenoxy) is 1. The van der Waals surface area contributed by atoms with E-state index in [1.165, 1.54) is 0 Å². The van der Waals surface area contributed by atoms with Gasteiger partial charge in [-0.3, -0.25) is 0 Å². The van der Waals surface area contributed by atoms with E-state index in [0.29, 0.717) is 12.3 Å². The summed E-state index contributed by atoms with van der Waals surface area (Å²) in [6.45, 7) is 0.447. The second-order valence-corrected chi connectivity index (χ2v) is 3.74. The fourth-order valence-corrected chi connectivity index (χ4v) is 1.65. The quantitative estimate of drug-likeness (QED) is 0.791. The summed E-state index contributed by atoms with van der Waals surface area (Å²) in [6, 6.07) is 7.42. The van der Waals surface area contributed by atoms with Crippen LogP contribution in [0.1, 0.15) is 12.0 Å². The lowest BCUT2D eigenvalue weighted by Crippen LogP contribution is -2.26. The molecule has 1 heterocycles. The number of alkyl carbamates (subject to hydrolysis) is 1. The molecule has 5 heteroatoms. The second-order valence-electron chi connectivity index (χ2n) is 3.74. The summed E-state index contributed by atoms with van der Waals surface area (Å²) in [7, 11) is 0. The molecule has 0 spiro atoms. The molecule has 0 saturated carbocycles. The van der Waals surface area contributed by atoms with Gasteiger partial charge in [0.1, 0.15) is 6.61 Å². The zero-order valence-electron chi connectivity index (χ0n) is 8.72. The van der Waals surface area contributed by atoms with Crippen molar-refractivity contribution in [3.63, 3.8) is 0 Å². The van der Waals surface area contributed by atoms with Gasteiger partial charge in [-0.05, 0) is 18.4 Å². The fourth-order valence-electron chi connectivity index (χ4n) is 1.65. The Morgan fingerprint density at radius 2 is 2.19 bits per heavy atom. The minimum atomic E-state index is -0.334. The third kappa shape index (κ3) is 2.48. The third-order valence-electron chi connectivity index (χ3n) is 2.57. The van der Waals surface area contributed by atoms with Crippen molar-refractivity contribution < 1.29 is 9.53 Å². The van der Waals surface area contributed by atoms with Gasteiger partial charge in [0, 0.05) is 12.1 Å². The van der Waals surface area contributed by atoms with E-state index in [2.05, 4.69) is 10.3 Å². The number of rotatable bonds is 3. The largest absolute Gasteiger partial charge is 0.447 e. The Morgan fingerprint density at radius 1 is 1.44 bits per heavy atom. The van der Waals surface area contributed by atoms with Gasteiger partial charge in [0.2, 0.25) is 5.39 Å². The molecular formula is C11H12N3O2+. The maximum Gasteiger partial charge on any atom is 0.407 e. The van der Waals surface area contributed by atoms with E-state index in [1.807, 2.05) is 12.1 Å². The first-order valence-electron chi connectivity index (χ1n) is 5.15. The van der Waals surface area contributed by atoms with Crippen LogP contribution in [-0.4, -0.2) is 18.7 Å². The Hall–Kier alpha value is -2.09. The van der Waals surface area contributed by atoms with Crippen LogP contribution in [0.15, 0.2) is 24.3 Å². The predicted molar refractivity (Wildman–Crippen MR) is 57.8 cm³/mol. The lowest BCUT2D eigenvalue weighted by atomic mass is 10.1. The summed E-state index contributed by atoms with van der Waals surface area (Å²) < 4.78 is 4.79. The molecule has 1 aromatic rings. The number of carbonyl (C=O) groups excluding carboxylic acids is 1. The molecule has 2 rings (SSSR count). The number of aryl methyl sites for hydroxylation is 1. The fraction of sp³-hybridized carbons (Fsp3) is 0.364. The van der Waals surface area contributed by atoms with Gasteiger partial charge in [-0.25, -0.2) is 4.79 Å². The number of amides is 1. The summed E-state index contributed by atoms with van der Waals surface area (Å²) >= 11 is 0. The van der Waals surface area contributed by atoms with Crippen molar-refractivity contribution in [1.82, 2.24) is 5.32 Å². The van der Waals surface area contributed by atoms with Crippen LogP contribution >= 0.6 is 0 Å². The Morgan fingerprint density at radius 3 is 2.75 bits per heavy atom. The van der Waals surface area contributed by atoms with Gasteiger partial charge < -0.3 is 10.1 Å². The number of nitrogens with zero attached hydrogens (tertiary/aromatic N) is 2. The number of benzene rings is 1. The number of diazo groups is 1. The highest BCUT2D eigenvalue weighted by Crippen LogP contribution is 2.15. The maximum atomic E-state index is 10.8. The molecule has 1 unspecified atom stereocenters. The first-order chi connectivity index (χ1) is 7.78. The van der Waals surface area contributed by atoms with Crippen molar-refractivity contribution in [3.8, 4) is 0 Å². The van der Waals surface area contributed by atoms with Crippen LogP contribution in [0.3, 0.4) is 0 Å². The summed E-state index contributed by atoms with van der Waals surface area (Å²) in [6.07, 6.45) is 1.38. The molecule has 5 nitrogen and oxygen atoms in total. The van der Waals surface area contributed by atoms with E-state index < -0.39 is 0 Å². The Labute approximate surface area is 93.0 Å². The van der Waals surface area contributed by atoms with Crippen molar-refractivity contribution in [2.45, 2.75) is 18.9 Å².